The molecule has 0 saturated heterocycles. The molecule has 1 aliphatic rings. The second-order valence-corrected chi connectivity index (χ2v) is 5.64. The standard InChI is InChI=1S/C15H25N3/c1-3-17-14(13-5-4-11(2)8-13)9-12-6-7-18-15(16)10-12/h6-7,10-11,13-14,17H,3-5,8-9H2,1-2H3,(H2,16,18). The minimum absolute atomic E-state index is 0.585. The predicted octanol–water partition coefficient (Wildman–Crippen LogP) is 2.62. The van der Waals surface area contributed by atoms with Crippen LogP contribution in [0, 0.1) is 11.8 Å². The first-order chi connectivity index (χ1) is 8.69. The lowest BCUT2D eigenvalue weighted by atomic mass is 9.91. The molecule has 0 spiro atoms. The molecule has 1 aliphatic carbocycles. The van der Waals surface area contributed by atoms with E-state index < -0.39 is 0 Å². The summed E-state index contributed by atoms with van der Waals surface area (Å²) in [5, 5.41) is 3.65. The van der Waals surface area contributed by atoms with Crippen LogP contribution in [0.3, 0.4) is 0 Å². The lowest BCUT2D eigenvalue weighted by Crippen LogP contribution is -2.37. The van der Waals surface area contributed by atoms with Crippen molar-refractivity contribution in [3.8, 4) is 0 Å². The molecule has 3 N–H and O–H groups in total. The van der Waals surface area contributed by atoms with Crippen molar-refractivity contribution in [3.05, 3.63) is 23.9 Å². The molecule has 0 radical (unpaired) electrons. The van der Waals surface area contributed by atoms with Gasteiger partial charge in [0.15, 0.2) is 0 Å². The van der Waals surface area contributed by atoms with E-state index in [4.69, 9.17) is 5.73 Å². The van der Waals surface area contributed by atoms with Crippen LogP contribution in [-0.2, 0) is 6.42 Å². The van der Waals surface area contributed by atoms with Crippen molar-refractivity contribution in [1.29, 1.82) is 0 Å². The number of nitrogen functional groups attached to an aromatic ring is 1. The summed E-state index contributed by atoms with van der Waals surface area (Å²) in [4.78, 5) is 4.06. The molecule has 3 atom stereocenters. The average molecular weight is 247 g/mol. The summed E-state index contributed by atoms with van der Waals surface area (Å²) >= 11 is 0. The number of likely N-dealkylation sites (N-methyl/N-ethyl adjacent to an activating group) is 1. The Kier molecular flexibility index (Phi) is 4.59. The van der Waals surface area contributed by atoms with Crippen LogP contribution in [0.1, 0.15) is 38.7 Å². The summed E-state index contributed by atoms with van der Waals surface area (Å²) in [6, 6.07) is 4.67. The first-order valence-corrected chi connectivity index (χ1v) is 7.12. The number of rotatable bonds is 5. The fourth-order valence-electron chi connectivity index (χ4n) is 3.16. The van der Waals surface area contributed by atoms with Crippen LogP contribution in [0.5, 0.6) is 0 Å². The molecule has 0 amide bonds. The molecule has 2 rings (SSSR count). The van der Waals surface area contributed by atoms with E-state index in [1.54, 1.807) is 0 Å². The largest absolute Gasteiger partial charge is 0.384 e. The quantitative estimate of drug-likeness (QED) is 0.841. The molecule has 1 aromatic rings. The second-order valence-electron chi connectivity index (χ2n) is 5.64. The second kappa shape index (κ2) is 6.19. The fourth-order valence-corrected chi connectivity index (χ4v) is 3.16. The van der Waals surface area contributed by atoms with Gasteiger partial charge in [0.25, 0.3) is 0 Å². The summed E-state index contributed by atoms with van der Waals surface area (Å²) in [5.74, 6) is 2.33. The van der Waals surface area contributed by atoms with E-state index in [0.717, 1.165) is 24.8 Å². The van der Waals surface area contributed by atoms with E-state index in [1.807, 2.05) is 12.3 Å². The van der Waals surface area contributed by atoms with Crippen LogP contribution < -0.4 is 11.1 Å². The van der Waals surface area contributed by atoms with E-state index in [9.17, 15) is 0 Å². The lowest BCUT2D eigenvalue weighted by Gasteiger charge is -2.24. The number of nitrogens with two attached hydrogens (primary N) is 1. The van der Waals surface area contributed by atoms with Gasteiger partial charge in [-0.05, 0) is 55.3 Å². The minimum Gasteiger partial charge on any atom is -0.384 e. The van der Waals surface area contributed by atoms with E-state index in [-0.39, 0.29) is 0 Å². The van der Waals surface area contributed by atoms with E-state index >= 15 is 0 Å². The number of nitrogens with one attached hydrogen (secondary N) is 1. The maximum Gasteiger partial charge on any atom is 0.123 e. The molecule has 0 bridgehead atoms. The highest BCUT2D eigenvalue weighted by Gasteiger charge is 2.28. The van der Waals surface area contributed by atoms with E-state index in [1.165, 1.54) is 24.8 Å². The first kappa shape index (κ1) is 13.3. The van der Waals surface area contributed by atoms with Crippen molar-refractivity contribution in [2.24, 2.45) is 11.8 Å². The van der Waals surface area contributed by atoms with Crippen molar-refractivity contribution < 1.29 is 0 Å². The molecule has 3 unspecified atom stereocenters. The Balaban J connectivity index is 2.01. The highest BCUT2D eigenvalue weighted by atomic mass is 14.9. The normalized spacial score (nSPS) is 25.2. The molecule has 0 aliphatic heterocycles. The fraction of sp³-hybridized carbons (Fsp3) is 0.667. The van der Waals surface area contributed by atoms with Gasteiger partial charge in [0.2, 0.25) is 0 Å². The number of aromatic nitrogens is 1. The van der Waals surface area contributed by atoms with Crippen LogP contribution >= 0.6 is 0 Å². The zero-order valence-corrected chi connectivity index (χ0v) is 11.5. The average Bonchev–Trinajstić information content (AvgIpc) is 2.75. The predicted molar refractivity (Wildman–Crippen MR) is 76.3 cm³/mol. The third-order valence-electron chi connectivity index (χ3n) is 4.07. The van der Waals surface area contributed by atoms with Crippen LogP contribution in [0.2, 0.25) is 0 Å². The van der Waals surface area contributed by atoms with Crippen LogP contribution in [0.25, 0.3) is 0 Å². The first-order valence-electron chi connectivity index (χ1n) is 7.12. The summed E-state index contributed by atoms with van der Waals surface area (Å²) in [7, 11) is 0. The molecular weight excluding hydrogens is 222 g/mol. The Morgan fingerprint density at radius 3 is 2.94 bits per heavy atom. The zero-order chi connectivity index (χ0) is 13.0. The monoisotopic (exact) mass is 247 g/mol. The molecule has 100 valence electrons. The maximum atomic E-state index is 5.75. The summed E-state index contributed by atoms with van der Waals surface area (Å²) in [6.45, 7) is 5.59. The van der Waals surface area contributed by atoms with Gasteiger partial charge in [0, 0.05) is 12.2 Å². The summed E-state index contributed by atoms with van der Waals surface area (Å²) < 4.78 is 0. The van der Waals surface area contributed by atoms with Gasteiger partial charge in [-0.1, -0.05) is 20.3 Å². The third-order valence-corrected chi connectivity index (χ3v) is 4.07. The topological polar surface area (TPSA) is 50.9 Å². The molecular formula is C15H25N3. The molecule has 3 heteroatoms. The molecule has 18 heavy (non-hydrogen) atoms. The molecule has 1 fully saturated rings. The van der Waals surface area contributed by atoms with Crippen molar-refractivity contribution in [2.45, 2.75) is 45.6 Å². The van der Waals surface area contributed by atoms with Gasteiger partial charge < -0.3 is 11.1 Å². The number of pyridine rings is 1. The highest BCUT2D eigenvalue weighted by Crippen LogP contribution is 2.33. The van der Waals surface area contributed by atoms with Crippen molar-refractivity contribution in [2.75, 3.05) is 12.3 Å². The molecule has 1 saturated carbocycles. The summed E-state index contributed by atoms with van der Waals surface area (Å²) in [5.41, 5.74) is 7.05. The van der Waals surface area contributed by atoms with Crippen LogP contribution in [0.4, 0.5) is 5.82 Å². The van der Waals surface area contributed by atoms with Crippen LogP contribution in [0.15, 0.2) is 18.3 Å². The highest BCUT2D eigenvalue weighted by molar-refractivity contribution is 5.32. The van der Waals surface area contributed by atoms with Gasteiger partial charge in [-0.25, -0.2) is 4.98 Å². The van der Waals surface area contributed by atoms with Crippen molar-refractivity contribution >= 4 is 5.82 Å². The van der Waals surface area contributed by atoms with Crippen molar-refractivity contribution in [3.63, 3.8) is 0 Å². The smallest absolute Gasteiger partial charge is 0.123 e. The van der Waals surface area contributed by atoms with Gasteiger partial charge >= 0.3 is 0 Å². The van der Waals surface area contributed by atoms with Crippen molar-refractivity contribution in [1.82, 2.24) is 10.3 Å². The number of anilines is 1. The lowest BCUT2D eigenvalue weighted by molar-refractivity contribution is 0.354. The molecule has 3 nitrogen and oxygen atoms in total. The minimum atomic E-state index is 0.585. The number of nitrogens with zero attached hydrogens (tertiary/aromatic N) is 1. The zero-order valence-electron chi connectivity index (χ0n) is 11.5. The third kappa shape index (κ3) is 3.45. The molecule has 1 aromatic heterocycles. The van der Waals surface area contributed by atoms with Gasteiger partial charge in [-0.3, -0.25) is 0 Å². The number of hydrogen-bond donors (Lipinski definition) is 2. The van der Waals surface area contributed by atoms with E-state index in [0.29, 0.717) is 11.9 Å². The Morgan fingerprint density at radius 1 is 1.50 bits per heavy atom. The maximum absolute atomic E-state index is 5.75. The molecule has 0 aromatic carbocycles. The Labute approximate surface area is 110 Å². The summed E-state index contributed by atoms with van der Waals surface area (Å²) in [6.07, 6.45) is 6.98. The SMILES string of the molecule is CCNC(Cc1ccnc(N)c1)C1CCC(C)C1. The Hall–Kier alpha value is -1.09. The van der Waals surface area contributed by atoms with Crippen LogP contribution in [-0.4, -0.2) is 17.6 Å². The Bertz CT molecular complexity index is 378. The van der Waals surface area contributed by atoms with Gasteiger partial charge in [-0.2, -0.15) is 0 Å². The van der Waals surface area contributed by atoms with Gasteiger partial charge in [0.1, 0.15) is 5.82 Å². The van der Waals surface area contributed by atoms with Gasteiger partial charge in [0.05, 0.1) is 0 Å². The number of hydrogen-bond acceptors (Lipinski definition) is 3. The Morgan fingerprint density at radius 2 is 2.33 bits per heavy atom. The van der Waals surface area contributed by atoms with Gasteiger partial charge in [-0.15, -0.1) is 0 Å². The van der Waals surface area contributed by atoms with E-state index in [2.05, 4.69) is 30.2 Å². The molecule has 1 heterocycles.